The Labute approximate surface area is 129 Å². The molecule has 0 atom stereocenters. The highest BCUT2D eigenvalue weighted by Gasteiger charge is 2.45. The van der Waals surface area contributed by atoms with E-state index in [1.807, 2.05) is 0 Å². The summed E-state index contributed by atoms with van der Waals surface area (Å²) < 4.78 is 0. The lowest BCUT2D eigenvalue weighted by Crippen LogP contribution is -2.20. The van der Waals surface area contributed by atoms with Gasteiger partial charge >= 0.3 is 0 Å². The summed E-state index contributed by atoms with van der Waals surface area (Å²) in [4.78, 5) is 12.8. The van der Waals surface area contributed by atoms with Crippen molar-refractivity contribution in [2.75, 3.05) is 17.6 Å². The number of hydrogen-bond acceptors (Lipinski definition) is 5. The smallest absolute Gasteiger partial charge is 0.178 e. The first-order valence-electron chi connectivity index (χ1n) is 7.59. The molecule has 2 fully saturated rings. The van der Waals surface area contributed by atoms with E-state index in [1.54, 1.807) is 0 Å². The summed E-state index contributed by atoms with van der Waals surface area (Å²) in [7, 11) is 0. The van der Waals surface area contributed by atoms with Crippen LogP contribution in [0.2, 0.25) is 0 Å². The summed E-state index contributed by atoms with van der Waals surface area (Å²) in [6, 6.07) is 2.16. The van der Waals surface area contributed by atoms with E-state index < -0.39 is 0 Å². The van der Waals surface area contributed by atoms with Gasteiger partial charge in [0.25, 0.3) is 0 Å². The third-order valence-corrected chi connectivity index (χ3v) is 6.12. The minimum Gasteiger partial charge on any atom is -0.396 e. The summed E-state index contributed by atoms with van der Waals surface area (Å²) in [6.07, 6.45) is 4.37. The first-order chi connectivity index (χ1) is 9.98. The Balaban J connectivity index is 1.80. The number of ketones is 1. The molecule has 1 aromatic rings. The van der Waals surface area contributed by atoms with E-state index >= 15 is 0 Å². The van der Waals surface area contributed by atoms with E-state index in [4.69, 9.17) is 5.73 Å². The average molecular weight is 303 g/mol. The van der Waals surface area contributed by atoms with Crippen LogP contribution in [-0.4, -0.2) is 12.3 Å². The van der Waals surface area contributed by atoms with Gasteiger partial charge in [-0.05, 0) is 37.0 Å². The molecule has 2 aliphatic rings. The second kappa shape index (κ2) is 5.03. The summed E-state index contributed by atoms with van der Waals surface area (Å²) in [5.41, 5.74) is 7.20. The monoisotopic (exact) mass is 303 g/mol. The van der Waals surface area contributed by atoms with Crippen molar-refractivity contribution in [2.24, 2.45) is 17.3 Å². The second-order valence-electron chi connectivity index (χ2n) is 6.67. The normalized spacial score (nSPS) is 19.3. The van der Waals surface area contributed by atoms with E-state index in [1.165, 1.54) is 24.2 Å². The van der Waals surface area contributed by atoms with Crippen molar-refractivity contribution in [3.63, 3.8) is 0 Å². The van der Waals surface area contributed by atoms with Crippen LogP contribution >= 0.6 is 11.3 Å². The number of hydrogen-bond donors (Lipinski definition) is 2. The molecular weight excluding hydrogens is 282 g/mol. The third-order valence-electron chi connectivity index (χ3n) is 4.95. The maximum absolute atomic E-state index is 12.2. The lowest BCUT2D eigenvalue weighted by molar-refractivity contribution is 0.0972. The molecule has 0 saturated heterocycles. The Bertz CT molecular complexity index is 618. The summed E-state index contributed by atoms with van der Waals surface area (Å²) in [6.45, 7) is 5.34. The Hall–Kier alpha value is -1.54. The largest absolute Gasteiger partial charge is 0.396 e. The molecule has 21 heavy (non-hydrogen) atoms. The second-order valence-corrected chi connectivity index (χ2v) is 7.69. The van der Waals surface area contributed by atoms with Crippen LogP contribution in [0.25, 0.3) is 0 Å². The number of anilines is 2. The molecule has 0 bridgehead atoms. The predicted molar refractivity (Wildman–Crippen MR) is 85.5 cm³/mol. The molecule has 112 valence electrons. The van der Waals surface area contributed by atoms with Crippen molar-refractivity contribution >= 4 is 27.8 Å². The zero-order valence-electron chi connectivity index (χ0n) is 12.5. The van der Waals surface area contributed by atoms with Crippen LogP contribution in [0.5, 0.6) is 0 Å². The number of nitrogens with one attached hydrogen (secondary N) is 1. The summed E-state index contributed by atoms with van der Waals surface area (Å²) in [5, 5.41) is 13.5. The van der Waals surface area contributed by atoms with Crippen molar-refractivity contribution < 1.29 is 4.79 Å². The van der Waals surface area contributed by atoms with Crippen molar-refractivity contribution in [3.05, 3.63) is 10.4 Å². The van der Waals surface area contributed by atoms with Gasteiger partial charge in [-0.25, -0.2) is 0 Å². The zero-order valence-corrected chi connectivity index (χ0v) is 13.3. The Morgan fingerprint density at radius 2 is 2.19 bits per heavy atom. The number of carbonyl (C=O) groups excluding carboxylic acids is 1. The third kappa shape index (κ3) is 2.53. The van der Waals surface area contributed by atoms with E-state index in [2.05, 4.69) is 25.2 Å². The van der Waals surface area contributed by atoms with Crippen LogP contribution in [0.15, 0.2) is 0 Å². The van der Waals surface area contributed by atoms with Crippen LogP contribution in [0.1, 0.15) is 54.8 Å². The number of nitrogen functional groups attached to an aromatic ring is 1. The van der Waals surface area contributed by atoms with Crippen LogP contribution in [0.4, 0.5) is 10.7 Å². The predicted octanol–water partition coefficient (Wildman–Crippen LogP) is 3.64. The van der Waals surface area contributed by atoms with Gasteiger partial charge < -0.3 is 11.1 Å². The molecule has 1 aromatic heterocycles. The quantitative estimate of drug-likeness (QED) is 0.786. The van der Waals surface area contributed by atoms with E-state index in [9.17, 15) is 10.1 Å². The van der Waals surface area contributed by atoms with Crippen molar-refractivity contribution in [1.29, 1.82) is 5.26 Å². The van der Waals surface area contributed by atoms with Crippen LogP contribution in [0, 0.1) is 28.6 Å². The summed E-state index contributed by atoms with van der Waals surface area (Å²) in [5.74, 6) is 0.878. The minimum atomic E-state index is 0.118. The molecule has 0 unspecified atom stereocenters. The Morgan fingerprint density at radius 1 is 1.52 bits per heavy atom. The number of nitriles is 1. The number of rotatable bonds is 6. The topological polar surface area (TPSA) is 78.9 Å². The number of nitrogens with zero attached hydrogens (tertiary/aromatic N) is 1. The first-order valence-corrected chi connectivity index (χ1v) is 8.40. The van der Waals surface area contributed by atoms with Gasteiger partial charge in [0.15, 0.2) is 5.78 Å². The Kier molecular flexibility index (Phi) is 3.45. The first kappa shape index (κ1) is 14.4. The maximum atomic E-state index is 12.2. The highest BCUT2D eigenvalue weighted by Crippen LogP contribution is 2.52. The van der Waals surface area contributed by atoms with Gasteiger partial charge in [0.2, 0.25) is 0 Å². The van der Waals surface area contributed by atoms with E-state index in [-0.39, 0.29) is 11.7 Å². The van der Waals surface area contributed by atoms with E-state index in [0.717, 1.165) is 24.4 Å². The highest BCUT2D eigenvalue weighted by molar-refractivity contribution is 7.19. The molecule has 2 saturated carbocycles. The van der Waals surface area contributed by atoms with Crippen LogP contribution in [-0.2, 0) is 0 Å². The van der Waals surface area contributed by atoms with Crippen LogP contribution in [0.3, 0.4) is 0 Å². The van der Waals surface area contributed by atoms with Gasteiger partial charge in [-0.3, -0.25) is 4.79 Å². The maximum Gasteiger partial charge on any atom is 0.178 e. The number of thiophene rings is 1. The van der Waals surface area contributed by atoms with Gasteiger partial charge in [-0.1, -0.05) is 13.8 Å². The van der Waals surface area contributed by atoms with Gasteiger partial charge in [0.1, 0.15) is 16.6 Å². The lowest BCUT2D eigenvalue weighted by Gasteiger charge is -2.20. The van der Waals surface area contributed by atoms with Crippen LogP contribution < -0.4 is 11.1 Å². The Morgan fingerprint density at radius 3 is 2.67 bits per heavy atom. The molecule has 3 rings (SSSR count). The lowest BCUT2D eigenvalue weighted by atomic mass is 9.92. The molecule has 0 aromatic carbocycles. The van der Waals surface area contributed by atoms with E-state index in [0.29, 0.717) is 27.5 Å². The van der Waals surface area contributed by atoms with Gasteiger partial charge in [-0.2, -0.15) is 5.26 Å². The fraction of sp³-hybridized carbons (Fsp3) is 0.625. The van der Waals surface area contributed by atoms with Gasteiger partial charge in [-0.15, -0.1) is 11.3 Å². The number of Topliss-reactive ketones (excluding diaryl/α,β-unsaturated/α-hetero) is 1. The molecule has 0 aliphatic heterocycles. The zero-order chi connectivity index (χ0) is 15.2. The molecule has 5 heteroatoms. The summed E-state index contributed by atoms with van der Waals surface area (Å²) >= 11 is 1.36. The minimum absolute atomic E-state index is 0.118. The fourth-order valence-electron chi connectivity index (χ4n) is 2.77. The van der Waals surface area contributed by atoms with Gasteiger partial charge in [0.05, 0.1) is 10.6 Å². The fourth-order valence-corrected chi connectivity index (χ4v) is 3.85. The molecule has 0 amide bonds. The molecule has 4 nitrogen and oxygen atoms in total. The SMILES string of the molecule is CC(C)C1(CNc2sc(C(=O)C3CC3)c(N)c2C#N)CC1. The standard InChI is InChI=1S/C16H21N3OS/c1-9(2)16(5-6-16)8-19-15-11(7-17)12(18)14(21-15)13(20)10-3-4-10/h9-10,19H,3-6,8,18H2,1-2H3. The number of nitrogens with two attached hydrogens (primary N) is 1. The van der Waals surface area contributed by atoms with Crippen molar-refractivity contribution in [3.8, 4) is 6.07 Å². The molecular formula is C16H21N3OS. The molecule has 0 radical (unpaired) electrons. The molecule has 0 spiro atoms. The average Bonchev–Trinajstić information content (AvgIpc) is 3.34. The molecule has 2 aliphatic carbocycles. The molecule has 1 heterocycles. The number of carbonyl (C=O) groups is 1. The van der Waals surface area contributed by atoms with Crippen molar-refractivity contribution in [1.82, 2.24) is 0 Å². The highest BCUT2D eigenvalue weighted by atomic mass is 32.1. The van der Waals surface area contributed by atoms with Crippen molar-refractivity contribution in [2.45, 2.75) is 39.5 Å². The van der Waals surface area contributed by atoms with Gasteiger partial charge in [0, 0.05) is 12.5 Å². The molecule has 3 N–H and O–H groups in total.